The summed E-state index contributed by atoms with van der Waals surface area (Å²) in [6.45, 7) is 2.89. The van der Waals surface area contributed by atoms with E-state index < -0.39 is 0 Å². The second kappa shape index (κ2) is 7.25. The van der Waals surface area contributed by atoms with Crippen LogP contribution in [0.1, 0.15) is 51.9 Å². The lowest BCUT2D eigenvalue weighted by atomic mass is 9.74. The Morgan fingerprint density at radius 3 is 2.75 bits per heavy atom. The molecule has 0 spiro atoms. The van der Waals surface area contributed by atoms with Crippen LogP contribution >= 0.6 is 0 Å². The third-order valence-corrected chi connectivity index (χ3v) is 6.35. The number of carbonyl (C=O) groups excluding carboxylic acids is 1. The average Bonchev–Trinajstić information content (AvgIpc) is 3.35. The predicted octanol–water partition coefficient (Wildman–Crippen LogP) is 0.778. The lowest BCUT2D eigenvalue weighted by molar-refractivity contribution is -0.134. The van der Waals surface area contributed by atoms with Crippen molar-refractivity contribution >= 4 is 5.91 Å². The van der Waals surface area contributed by atoms with Crippen LogP contribution in [-0.2, 0) is 14.5 Å². The number of rotatable bonds is 4. The molecule has 1 amide bonds. The summed E-state index contributed by atoms with van der Waals surface area (Å²) >= 11 is 0. The first-order valence-electron chi connectivity index (χ1n) is 9.60. The number of hydrogen-bond acceptors (Lipinski definition) is 6. The van der Waals surface area contributed by atoms with Gasteiger partial charge in [0.2, 0.25) is 0 Å². The van der Waals surface area contributed by atoms with Gasteiger partial charge in [-0.2, -0.15) is 5.48 Å². The fourth-order valence-corrected chi connectivity index (χ4v) is 5.00. The van der Waals surface area contributed by atoms with E-state index in [-0.39, 0.29) is 24.4 Å². The summed E-state index contributed by atoms with van der Waals surface area (Å²) < 4.78 is 0. The highest BCUT2D eigenvalue weighted by atomic mass is 16.7. The van der Waals surface area contributed by atoms with E-state index in [1.54, 1.807) is 0 Å². The van der Waals surface area contributed by atoms with Crippen LogP contribution in [0.2, 0.25) is 0 Å². The van der Waals surface area contributed by atoms with E-state index in [4.69, 9.17) is 9.68 Å². The number of carbonyl (C=O) groups is 1. The molecule has 4 rings (SSSR count). The molecule has 6 unspecified atom stereocenters. The first-order chi connectivity index (χ1) is 11.7. The van der Waals surface area contributed by atoms with Crippen molar-refractivity contribution in [2.24, 2.45) is 17.8 Å². The topological polar surface area (TPSA) is 83.7 Å². The van der Waals surface area contributed by atoms with Crippen LogP contribution in [0, 0.1) is 17.8 Å². The fraction of sp³-hybridized carbons (Fsp3) is 0.941. The summed E-state index contributed by atoms with van der Waals surface area (Å²) in [5, 5.41) is 6.80. The van der Waals surface area contributed by atoms with Crippen molar-refractivity contribution in [3.8, 4) is 0 Å². The Labute approximate surface area is 143 Å². The molecule has 7 atom stereocenters. The highest BCUT2D eigenvalue weighted by Crippen LogP contribution is 2.45. The zero-order valence-corrected chi connectivity index (χ0v) is 14.4. The Bertz CT molecular complexity index is 457. The van der Waals surface area contributed by atoms with Gasteiger partial charge in [0.1, 0.15) is 6.23 Å². The minimum atomic E-state index is -0.310. The molecule has 0 radical (unpaired) electrons. The van der Waals surface area contributed by atoms with Crippen molar-refractivity contribution in [3.63, 3.8) is 0 Å². The highest BCUT2D eigenvalue weighted by Gasteiger charge is 2.44. The molecule has 4 N–H and O–H groups in total. The van der Waals surface area contributed by atoms with Crippen LogP contribution in [0.4, 0.5) is 0 Å². The van der Waals surface area contributed by atoms with Crippen molar-refractivity contribution in [2.75, 3.05) is 6.54 Å². The quantitative estimate of drug-likeness (QED) is 0.606. The number of hydroxylamine groups is 2. The first kappa shape index (κ1) is 16.7. The van der Waals surface area contributed by atoms with E-state index in [0.29, 0.717) is 17.9 Å². The van der Waals surface area contributed by atoms with E-state index >= 15 is 0 Å². The van der Waals surface area contributed by atoms with Gasteiger partial charge < -0.3 is 5.32 Å². The molecule has 24 heavy (non-hydrogen) atoms. The molecule has 2 aliphatic carbocycles. The van der Waals surface area contributed by atoms with Crippen LogP contribution in [0.15, 0.2) is 0 Å². The van der Waals surface area contributed by atoms with Gasteiger partial charge in [0, 0.05) is 12.6 Å². The number of fused-ring (bicyclic) bond motifs is 1. The highest BCUT2D eigenvalue weighted by molar-refractivity contribution is 5.81. The Balaban J connectivity index is 1.29. The first-order valence-corrected chi connectivity index (χ1v) is 9.60. The SMILES string of the molecule is CCC1NC(C2CCC3C(CC[C@H]3NC(=O)C3CCNO3)C2)NO1. The van der Waals surface area contributed by atoms with Crippen molar-refractivity contribution in [1.29, 1.82) is 0 Å². The van der Waals surface area contributed by atoms with Gasteiger partial charge in [-0.3, -0.25) is 19.8 Å². The maximum Gasteiger partial charge on any atom is 0.251 e. The Morgan fingerprint density at radius 1 is 1.12 bits per heavy atom. The third kappa shape index (κ3) is 3.32. The lowest BCUT2D eigenvalue weighted by Crippen LogP contribution is -2.47. The minimum absolute atomic E-state index is 0.0612. The molecular weight excluding hydrogens is 308 g/mol. The second-order valence-electron chi connectivity index (χ2n) is 7.76. The molecule has 2 saturated heterocycles. The van der Waals surface area contributed by atoms with Gasteiger partial charge in [-0.15, -0.1) is 0 Å². The maximum absolute atomic E-state index is 12.3. The summed E-state index contributed by atoms with van der Waals surface area (Å²) in [6.07, 6.45) is 7.80. The monoisotopic (exact) mass is 338 g/mol. The van der Waals surface area contributed by atoms with E-state index in [1.807, 2.05) is 0 Å². The van der Waals surface area contributed by atoms with E-state index in [0.717, 1.165) is 31.7 Å². The number of nitrogens with one attached hydrogen (secondary N) is 4. The van der Waals surface area contributed by atoms with Crippen LogP contribution in [0.3, 0.4) is 0 Å². The van der Waals surface area contributed by atoms with Crippen LogP contribution < -0.4 is 21.6 Å². The summed E-state index contributed by atoms with van der Waals surface area (Å²) in [5.41, 5.74) is 5.98. The lowest BCUT2D eigenvalue weighted by Gasteiger charge is -2.36. The fourth-order valence-electron chi connectivity index (χ4n) is 5.00. The summed E-state index contributed by atoms with van der Waals surface area (Å²) in [6, 6.07) is 0.330. The maximum atomic E-state index is 12.3. The molecule has 4 aliphatic rings. The smallest absolute Gasteiger partial charge is 0.251 e. The largest absolute Gasteiger partial charge is 0.351 e. The number of hydrogen-bond donors (Lipinski definition) is 4. The molecule has 136 valence electrons. The molecule has 7 heteroatoms. The predicted molar refractivity (Wildman–Crippen MR) is 88.2 cm³/mol. The van der Waals surface area contributed by atoms with Crippen LogP contribution in [0.25, 0.3) is 0 Å². The zero-order chi connectivity index (χ0) is 16.5. The van der Waals surface area contributed by atoms with Crippen molar-refractivity contribution < 1.29 is 14.5 Å². The van der Waals surface area contributed by atoms with E-state index in [1.165, 1.54) is 25.7 Å². The van der Waals surface area contributed by atoms with Gasteiger partial charge in [0.25, 0.3) is 5.91 Å². The molecule has 0 aromatic carbocycles. The van der Waals surface area contributed by atoms with Crippen molar-refractivity contribution in [1.82, 2.24) is 21.6 Å². The Kier molecular flexibility index (Phi) is 5.05. The minimum Gasteiger partial charge on any atom is -0.351 e. The van der Waals surface area contributed by atoms with Gasteiger partial charge in [0.15, 0.2) is 6.10 Å². The molecular formula is C17H30N4O3. The van der Waals surface area contributed by atoms with E-state index in [9.17, 15) is 4.79 Å². The summed E-state index contributed by atoms with van der Waals surface area (Å²) in [7, 11) is 0. The van der Waals surface area contributed by atoms with Gasteiger partial charge >= 0.3 is 0 Å². The van der Waals surface area contributed by atoms with Gasteiger partial charge in [0.05, 0.1) is 6.17 Å². The summed E-state index contributed by atoms with van der Waals surface area (Å²) in [4.78, 5) is 23.2. The van der Waals surface area contributed by atoms with E-state index in [2.05, 4.69) is 28.5 Å². The molecule has 2 heterocycles. The molecule has 2 saturated carbocycles. The number of amides is 1. The van der Waals surface area contributed by atoms with Crippen molar-refractivity contribution in [3.05, 3.63) is 0 Å². The zero-order valence-electron chi connectivity index (χ0n) is 14.4. The molecule has 4 fully saturated rings. The Hall–Kier alpha value is -0.730. The second-order valence-corrected chi connectivity index (χ2v) is 7.76. The van der Waals surface area contributed by atoms with Gasteiger partial charge in [-0.1, -0.05) is 6.92 Å². The summed E-state index contributed by atoms with van der Waals surface area (Å²) in [5.74, 6) is 2.04. The Morgan fingerprint density at radius 2 is 2.00 bits per heavy atom. The molecule has 7 nitrogen and oxygen atoms in total. The van der Waals surface area contributed by atoms with Gasteiger partial charge in [-0.05, 0) is 62.7 Å². The normalized spacial score (nSPS) is 45.3. The average molecular weight is 338 g/mol. The van der Waals surface area contributed by atoms with Crippen LogP contribution in [0.5, 0.6) is 0 Å². The standard InChI is InChI=1S/C17H30N4O3/c1-2-15-20-16(21-24-15)11-3-5-12-10(9-11)4-6-13(12)19-17(22)14-7-8-18-23-14/h10-16,18,20-21H,2-9H2,1H3,(H,19,22)/t10?,11?,12?,13-,14?,15?,16?/m1/s1. The van der Waals surface area contributed by atoms with Crippen LogP contribution in [-0.4, -0.2) is 37.0 Å². The van der Waals surface area contributed by atoms with Gasteiger partial charge in [-0.25, -0.2) is 5.48 Å². The molecule has 0 aromatic rings. The molecule has 0 aromatic heterocycles. The molecule has 2 aliphatic heterocycles. The molecule has 0 bridgehead atoms. The third-order valence-electron chi connectivity index (χ3n) is 6.35. The van der Waals surface area contributed by atoms with Crippen molar-refractivity contribution in [2.45, 2.75) is 76.4 Å².